The van der Waals surface area contributed by atoms with Crippen LogP contribution in [-0.2, 0) is 19.1 Å². The molecule has 278 valence electrons. The summed E-state index contributed by atoms with van der Waals surface area (Å²) in [5, 5.41) is 5.53. The van der Waals surface area contributed by atoms with E-state index in [0.29, 0.717) is 49.9 Å². The molecular formula is C40H50N4O8. The molecule has 2 aromatic rings. The number of carbonyl (C=O) groups is 6. The van der Waals surface area contributed by atoms with E-state index in [-0.39, 0.29) is 48.3 Å². The second-order valence-electron chi connectivity index (χ2n) is 16.3. The zero-order valence-electron chi connectivity index (χ0n) is 31.0. The van der Waals surface area contributed by atoms with Crippen molar-refractivity contribution in [2.45, 2.75) is 115 Å². The highest BCUT2D eigenvalue weighted by molar-refractivity contribution is 6.00. The Hall–Kier alpha value is -4.74. The van der Waals surface area contributed by atoms with Crippen molar-refractivity contribution in [2.24, 2.45) is 0 Å². The van der Waals surface area contributed by atoms with Crippen LogP contribution < -0.4 is 10.6 Å². The van der Waals surface area contributed by atoms with Crippen molar-refractivity contribution in [2.75, 3.05) is 26.2 Å². The van der Waals surface area contributed by atoms with E-state index in [2.05, 4.69) is 10.6 Å². The van der Waals surface area contributed by atoms with Crippen molar-refractivity contribution in [3.8, 4) is 0 Å². The third-order valence-electron chi connectivity index (χ3n) is 10.3. The van der Waals surface area contributed by atoms with Crippen LogP contribution in [0.5, 0.6) is 0 Å². The number of nitrogens with one attached hydrogen (secondary N) is 2. The summed E-state index contributed by atoms with van der Waals surface area (Å²) in [6.07, 6.45) is 3.24. The number of benzene rings is 2. The fourth-order valence-corrected chi connectivity index (χ4v) is 8.02. The molecular weight excluding hydrogens is 664 g/mol. The molecule has 0 aromatic heterocycles. The second-order valence-corrected chi connectivity index (χ2v) is 16.3. The van der Waals surface area contributed by atoms with Crippen molar-refractivity contribution < 1.29 is 38.2 Å². The van der Waals surface area contributed by atoms with Crippen LogP contribution in [0.3, 0.4) is 0 Å². The number of likely N-dealkylation sites (tertiary alicyclic amines) is 2. The molecule has 4 amide bonds. The maximum absolute atomic E-state index is 13.3. The van der Waals surface area contributed by atoms with Gasteiger partial charge in [0.2, 0.25) is 0 Å². The molecule has 52 heavy (non-hydrogen) atoms. The van der Waals surface area contributed by atoms with Gasteiger partial charge in [0, 0.05) is 36.1 Å². The lowest BCUT2D eigenvalue weighted by Gasteiger charge is -2.40. The number of Topliss-reactive ketones (excluding diaryl/α,β-unsaturated/α-hetero) is 2. The standard InChI is InChI=1S/C40H50N4O8/c1-39(2,3)51-37(49)43-17-7-9-31(43)33(45)21-41-35(47)23-11-13-25-28-16-15-27(29(25)19-23)26-14-12-24(20-30(26)28)36(48)42-22-34(46)32-10-8-18-44(32)38(50)52-40(4,5)6/h11-14,19-20,27-28,31-32H,7-10,15-18,21-22H2,1-6H3,(H,41,47)(H,42,48)/t27?,28?,31-,32-/m0/s1. The molecule has 5 aliphatic rings. The normalized spacial score (nSPS) is 22.0. The number of ether oxygens (including phenoxy) is 2. The Balaban J connectivity index is 1.07. The Bertz CT molecular complexity index is 1660. The van der Waals surface area contributed by atoms with Gasteiger partial charge in [-0.3, -0.25) is 29.0 Å². The average molecular weight is 715 g/mol. The van der Waals surface area contributed by atoms with Crippen molar-refractivity contribution >= 4 is 35.6 Å². The highest BCUT2D eigenvalue weighted by atomic mass is 16.6. The monoisotopic (exact) mass is 714 g/mol. The number of fused-ring (bicyclic) bond motifs is 1. The van der Waals surface area contributed by atoms with Crippen molar-refractivity contribution in [1.29, 1.82) is 0 Å². The molecule has 0 spiro atoms. The summed E-state index contributed by atoms with van der Waals surface area (Å²) in [4.78, 5) is 80.9. The molecule has 4 atom stereocenters. The van der Waals surface area contributed by atoms with Crippen LogP contribution in [0.4, 0.5) is 9.59 Å². The fourth-order valence-electron chi connectivity index (χ4n) is 8.02. The Labute approximate surface area is 304 Å². The summed E-state index contributed by atoms with van der Waals surface area (Å²) >= 11 is 0. The Morgan fingerprint density at radius 2 is 0.981 bits per heavy atom. The molecule has 2 bridgehead atoms. The van der Waals surface area contributed by atoms with Gasteiger partial charge in [-0.15, -0.1) is 0 Å². The minimum absolute atomic E-state index is 0.0603. The van der Waals surface area contributed by atoms with Gasteiger partial charge in [0.25, 0.3) is 11.8 Å². The van der Waals surface area contributed by atoms with E-state index in [0.717, 1.165) is 35.1 Å². The van der Waals surface area contributed by atoms with E-state index in [9.17, 15) is 28.8 Å². The molecule has 2 heterocycles. The van der Waals surface area contributed by atoms with E-state index < -0.39 is 35.5 Å². The second kappa shape index (κ2) is 14.4. The molecule has 12 heteroatoms. The number of hydrogen-bond acceptors (Lipinski definition) is 8. The molecule has 3 aliphatic carbocycles. The van der Waals surface area contributed by atoms with Crippen LogP contribution in [0, 0.1) is 0 Å². The van der Waals surface area contributed by atoms with Crippen molar-refractivity contribution in [3.05, 3.63) is 69.8 Å². The first-order valence-electron chi connectivity index (χ1n) is 18.4. The fraction of sp³-hybridized carbons (Fsp3) is 0.550. The van der Waals surface area contributed by atoms with Crippen molar-refractivity contribution in [1.82, 2.24) is 20.4 Å². The maximum Gasteiger partial charge on any atom is 0.410 e. The number of carbonyl (C=O) groups excluding carboxylic acids is 6. The van der Waals surface area contributed by atoms with E-state index in [1.54, 1.807) is 53.7 Å². The highest BCUT2D eigenvalue weighted by Crippen LogP contribution is 2.53. The summed E-state index contributed by atoms with van der Waals surface area (Å²) in [6.45, 7) is 11.2. The van der Waals surface area contributed by atoms with Crippen LogP contribution in [0.2, 0.25) is 0 Å². The quantitative estimate of drug-likeness (QED) is 0.366. The molecule has 2 saturated heterocycles. The van der Waals surface area contributed by atoms with Gasteiger partial charge in [-0.05, 0) is 127 Å². The smallest absolute Gasteiger partial charge is 0.410 e. The molecule has 7 rings (SSSR count). The molecule has 0 radical (unpaired) electrons. The lowest BCUT2D eigenvalue weighted by molar-refractivity contribution is -0.122. The summed E-state index contributed by atoms with van der Waals surface area (Å²) in [5.74, 6) is -1.04. The third-order valence-corrected chi connectivity index (χ3v) is 10.3. The molecule has 12 nitrogen and oxygen atoms in total. The van der Waals surface area contributed by atoms with Gasteiger partial charge in [-0.1, -0.05) is 12.1 Å². The first-order valence-corrected chi connectivity index (χ1v) is 18.4. The van der Waals surface area contributed by atoms with Gasteiger partial charge >= 0.3 is 12.2 Å². The molecule has 0 saturated carbocycles. The zero-order valence-corrected chi connectivity index (χ0v) is 31.0. The third kappa shape index (κ3) is 7.85. The van der Waals surface area contributed by atoms with Crippen LogP contribution in [0.25, 0.3) is 0 Å². The lowest BCUT2D eigenvalue weighted by atomic mass is 9.63. The SMILES string of the molecule is CC(C)(C)OC(=O)N1CCC[C@H]1C(=O)CNC(=O)c1ccc2c(c1)C1CCC2c2cc(C(=O)NCC(=O)[C@@H]3CCCN3C(=O)OC(C)(C)C)ccc21. The van der Waals surface area contributed by atoms with Crippen LogP contribution in [-0.4, -0.2) is 94.8 Å². The Morgan fingerprint density at radius 3 is 1.35 bits per heavy atom. The Morgan fingerprint density at radius 1 is 0.596 bits per heavy atom. The summed E-state index contributed by atoms with van der Waals surface area (Å²) in [6, 6.07) is 10.1. The summed E-state index contributed by atoms with van der Waals surface area (Å²) in [7, 11) is 0. The molecule has 2 unspecified atom stereocenters. The van der Waals surface area contributed by atoms with E-state index in [1.165, 1.54) is 9.80 Å². The number of nitrogens with zero attached hydrogens (tertiary/aromatic N) is 2. The van der Waals surface area contributed by atoms with Crippen LogP contribution in [0.15, 0.2) is 36.4 Å². The van der Waals surface area contributed by atoms with Gasteiger partial charge in [-0.25, -0.2) is 9.59 Å². The van der Waals surface area contributed by atoms with E-state index >= 15 is 0 Å². The lowest BCUT2D eigenvalue weighted by Crippen LogP contribution is -2.46. The van der Waals surface area contributed by atoms with Gasteiger partial charge < -0.3 is 20.1 Å². The van der Waals surface area contributed by atoms with Gasteiger partial charge in [-0.2, -0.15) is 0 Å². The molecule has 2 aromatic carbocycles. The average Bonchev–Trinajstić information content (AvgIpc) is 3.79. The van der Waals surface area contributed by atoms with Gasteiger partial charge in [0.05, 0.1) is 25.2 Å². The number of rotatable bonds is 8. The summed E-state index contributed by atoms with van der Waals surface area (Å²) < 4.78 is 11.0. The predicted octanol–water partition coefficient (Wildman–Crippen LogP) is 5.45. The molecule has 2 N–H and O–H groups in total. The molecule has 2 aliphatic heterocycles. The van der Waals surface area contributed by atoms with Crippen molar-refractivity contribution in [3.63, 3.8) is 0 Å². The van der Waals surface area contributed by atoms with E-state index in [1.807, 2.05) is 24.3 Å². The minimum Gasteiger partial charge on any atom is -0.444 e. The first kappa shape index (κ1) is 37.0. The van der Waals surface area contributed by atoms with Crippen LogP contribution >= 0.6 is 0 Å². The van der Waals surface area contributed by atoms with Crippen LogP contribution in [0.1, 0.15) is 135 Å². The van der Waals surface area contributed by atoms with E-state index in [4.69, 9.17) is 9.47 Å². The predicted molar refractivity (Wildman–Crippen MR) is 192 cm³/mol. The minimum atomic E-state index is -0.670. The van der Waals surface area contributed by atoms with Gasteiger partial charge in [0.15, 0.2) is 11.6 Å². The number of ketones is 2. The topological polar surface area (TPSA) is 151 Å². The largest absolute Gasteiger partial charge is 0.444 e. The number of amides is 4. The molecule has 2 fully saturated rings. The number of hydrogen-bond donors (Lipinski definition) is 2. The van der Waals surface area contributed by atoms with Gasteiger partial charge in [0.1, 0.15) is 11.2 Å². The first-order chi connectivity index (χ1) is 24.5. The summed E-state index contributed by atoms with van der Waals surface area (Å²) in [5.41, 5.74) is 3.96. The Kier molecular flexibility index (Phi) is 10.2. The highest BCUT2D eigenvalue weighted by Gasteiger charge is 2.40. The zero-order chi connectivity index (χ0) is 37.5. The maximum atomic E-state index is 13.3.